The quantitative estimate of drug-likeness (QED) is 0.541. The van der Waals surface area contributed by atoms with Crippen LogP contribution in [-0.4, -0.2) is 16.0 Å². The lowest BCUT2D eigenvalue weighted by atomic mass is 10.0. The Bertz CT molecular complexity index is 841. The predicted molar refractivity (Wildman–Crippen MR) is 99.6 cm³/mol. The van der Waals surface area contributed by atoms with Crippen molar-refractivity contribution >= 4 is 34.0 Å². The topological polar surface area (TPSA) is 68.9 Å². The minimum Gasteiger partial charge on any atom is -0.374 e. The van der Waals surface area contributed by atoms with Gasteiger partial charge >= 0.3 is 0 Å². The highest BCUT2D eigenvalue weighted by molar-refractivity contribution is 8.02. The molecule has 24 heavy (non-hydrogen) atoms. The van der Waals surface area contributed by atoms with E-state index in [1.165, 1.54) is 23.1 Å². The third-order valence-electron chi connectivity index (χ3n) is 3.60. The summed E-state index contributed by atoms with van der Waals surface area (Å²) in [6.45, 7) is 4.03. The lowest BCUT2D eigenvalue weighted by Crippen LogP contribution is -2.10. The summed E-state index contributed by atoms with van der Waals surface area (Å²) in [6.07, 6.45) is 0. The number of carbonyl (C=O) groups is 1. The Balaban J connectivity index is 1.95. The molecule has 0 spiro atoms. The van der Waals surface area contributed by atoms with E-state index < -0.39 is 0 Å². The summed E-state index contributed by atoms with van der Waals surface area (Å²) in [4.78, 5) is 13.1. The van der Waals surface area contributed by atoms with Gasteiger partial charge in [0.05, 0.1) is 5.25 Å². The molecule has 0 aliphatic carbocycles. The first kappa shape index (κ1) is 16.7. The highest BCUT2D eigenvalue weighted by Gasteiger charge is 2.25. The summed E-state index contributed by atoms with van der Waals surface area (Å²) in [6, 6.07) is 15.6. The van der Waals surface area contributed by atoms with Gasteiger partial charge < -0.3 is 5.73 Å². The van der Waals surface area contributed by atoms with E-state index >= 15 is 0 Å². The third-order valence-corrected chi connectivity index (χ3v) is 5.69. The Kier molecular flexibility index (Phi) is 4.97. The summed E-state index contributed by atoms with van der Waals surface area (Å²) in [7, 11) is 0. The first-order valence-electron chi connectivity index (χ1n) is 7.46. The maximum atomic E-state index is 13.1. The molecule has 0 amide bonds. The van der Waals surface area contributed by atoms with Crippen LogP contribution in [0.15, 0.2) is 52.9 Å². The third kappa shape index (κ3) is 3.83. The van der Waals surface area contributed by atoms with Crippen LogP contribution < -0.4 is 5.73 Å². The smallest absolute Gasteiger partial charge is 0.203 e. The zero-order valence-corrected chi connectivity index (χ0v) is 15.0. The number of anilines is 1. The zero-order chi connectivity index (χ0) is 17.1. The number of hydrogen-bond acceptors (Lipinski definition) is 6. The predicted octanol–water partition coefficient (Wildman–Crippen LogP) is 4.45. The molecule has 0 radical (unpaired) electrons. The number of nitrogen functional groups attached to an aromatic ring is 1. The van der Waals surface area contributed by atoms with E-state index in [2.05, 4.69) is 10.2 Å². The van der Waals surface area contributed by atoms with E-state index in [-0.39, 0.29) is 11.0 Å². The number of nitrogens with zero attached hydrogens (tertiary/aromatic N) is 2. The van der Waals surface area contributed by atoms with Crippen LogP contribution in [0.1, 0.15) is 32.3 Å². The molecule has 0 unspecified atom stereocenters. The number of nitrogens with two attached hydrogens (primary N) is 1. The van der Waals surface area contributed by atoms with Gasteiger partial charge in [-0.2, -0.15) is 0 Å². The molecule has 0 aliphatic rings. The summed E-state index contributed by atoms with van der Waals surface area (Å²) in [5.74, 6) is 0.0534. The fourth-order valence-corrected chi connectivity index (χ4v) is 4.16. The van der Waals surface area contributed by atoms with Crippen LogP contribution in [0.4, 0.5) is 5.13 Å². The summed E-state index contributed by atoms with van der Waals surface area (Å²) < 4.78 is 0.693. The molecule has 1 aromatic heterocycles. The molecule has 3 rings (SSSR count). The maximum Gasteiger partial charge on any atom is 0.203 e. The maximum absolute atomic E-state index is 13.1. The van der Waals surface area contributed by atoms with Gasteiger partial charge in [-0.25, -0.2) is 0 Å². The van der Waals surface area contributed by atoms with Gasteiger partial charge in [0.1, 0.15) is 0 Å². The number of ketones is 1. The Hall–Kier alpha value is -2.18. The van der Waals surface area contributed by atoms with Gasteiger partial charge in [0.2, 0.25) is 5.13 Å². The van der Waals surface area contributed by atoms with Gasteiger partial charge in [-0.1, -0.05) is 82.8 Å². The normalized spacial score (nSPS) is 12.1. The van der Waals surface area contributed by atoms with Gasteiger partial charge in [-0.3, -0.25) is 4.79 Å². The number of rotatable bonds is 5. The standard InChI is InChI=1S/C18H17N3OS2/c1-11-3-7-13(8-4-11)15(22)16(14-9-5-12(2)6-10-14)23-18-21-20-17(19)24-18/h3-10,16H,1-2H3,(H2,19,20)/t16-/m1/s1. The minimum absolute atomic E-state index is 0.0534. The molecular formula is C18H17N3OS2. The van der Waals surface area contributed by atoms with Crippen molar-refractivity contribution in [1.82, 2.24) is 10.2 Å². The van der Waals surface area contributed by atoms with Crippen molar-refractivity contribution in [2.75, 3.05) is 5.73 Å². The van der Waals surface area contributed by atoms with Crippen molar-refractivity contribution in [2.24, 2.45) is 0 Å². The SMILES string of the molecule is Cc1ccc(C(=O)[C@H](Sc2nnc(N)s2)c2ccc(C)cc2)cc1. The van der Waals surface area contributed by atoms with Crippen molar-refractivity contribution in [3.63, 3.8) is 0 Å². The molecule has 1 atom stereocenters. The molecule has 4 nitrogen and oxygen atoms in total. The van der Waals surface area contributed by atoms with E-state index in [1.807, 2.05) is 62.4 Å². The molecule has 0 bridgehead atoms. The average Bonchev–Trinajstić information content (AvgIpc) is 2.99. The van der Waals surface area contributed by atoms with Crippen LogP contribution in [-0.2, 0) is 0 Å². The van der Waals surface area contributed by atoms with E-state index in [0.29, 0.717) is 15.0 Å². The Morgan fingerprint density at radius 1 is 1.00 bits per heavy atom. The van der Waals surface area contributed by atoms with Crippen LogP contribution >= 0.6 is 23.1 Å². The molecule has 122 valence electrons. The molecule has 2 aromatic carbocycles. The Morgan fingerprint density at radius 2 is 1.58 bits per heavy atom. The van der Waals surface area contributed by atoms with Gasteiger partial charge in [0, 0.05) is 5.56 Å². The molecule has 2 N–H and O–H groups in total. The lowest BCUT2D eigenvalue weighted by Gasteiger charge is -2.15. The number of aryl methyl sites for hydroxylation is 2. The first-order chi connectivity index (χ1) is 11.5. The van der Waals surface area contributed by atoms with Crippen molar-refractivity contribution in [3.05, 3.63) is 70.8 Å². The van der Waals surface area contributed by atoms with Gasteiger partial charge in [-0.15, -0.1) is 10.2 Å². The van der Waals surface area contributed by atoms with Gasteiger partial charge in [-0.05, 0) is 19.4 Å². The van der Waals surface area contributed by atoms with Crippen molar-refractivity contribution in [1.29, 1.82) is 0 Å². The van der Waals surface area contributed by atoms with Crippen LogP contribution in [0.3, 0.4) is 0 Å². The zero-order valence-electron chi connectivity index (χ0n) is 13.4. The highest BCUT2D eigenvalue weighted by Crippen LogP contribution is 2.39. The Morgan fingerprint density at radius 3 is 2.12 bits per heavy atom. The number of benzene rings is 2. The van der Waals surface area contributed by atoms with E-state index in [0.717, 1.165) is 16.7 Å². The average molecular weight is 355 g/mol. The summed E-state index contributed by atoms with van der Waals surface area (Å²) in [5.41, 5.74) is 9.59. The first-order valence-corrected chi connectivity index (χ1v) is 9.15. The second kappa shape index (κ2) is 7.15. The monoisotopic (exact) mass is 355 g/mol. The fraction of sp³-hybridized carbons (Fsp3) is 0.167. The second-order valence-corrected chi connectivity index (χ2v) is 7.91. The van der Waals surface area contributed by atoms with Gasteiger partial charge in [0.25, 0.3) is 0 Å². The van der Waals surface area contributed by atoms with Crippen LogP contribution in [0.5, 0.6) is 0 Å². The highest BCUT2D eigenvalue weighted by atomic mass is 32.2. The lowest BCUT2D eigenvalue weighted by molar-refractivity contribution is 0.0989. The van der Waals surface area contributed by atoms with Crippen LogP contribution in [0.2, 0.25) is 0 Å². The molecule has 0 saturated heterocycles. The van der Waals surface area contributed by atoms with Crippen LogP contribution in [0.25, 0.3) is 0 Å². The van der Waals surface area contributed by atoms with E-state index in [1.54, 1.807) is 0 Å². The summed E-state index contributed by atoms with van der Waals surface area (Å²) >= 11 is 2.69. The van der Waals surface area contributed by atoms with Crippen molar-refractivity contribution < 1.29 is 4.79 Å². The molecule has 1 heterocycles. The number of Topliss-reactive ketones (excluding diaryl/α,β-unsaturated/α-hetero) is 1. The van der Waals surface area contributed by atoms with E-state index in [9.17, 15) is 4.79 Å². The number of hydrogen-bond donors (Lipinski definition) is 1. The second-order valence-electron chi connectivity index (χ2n) is 5.55. The van der Waals surface area contributed by atoms with Crippen LogP contribution in [0, 0.1) is 13.8 Å². The van der Waals surface area contributed by atoms with Gasteiger partial charge in [0.15, 0.2) is 10.1 Å². The number of carbonyl (C=O) groups excluding carboxylic acids is 1. The molecule has 6 heteroatoms. The molecule has 0 aliphatic heterocycles. The van der Waals surface area contributed by atoms with Crippen molar-refractivity contribution in [3.8, 4) is 0 Å². The van der Waals surface area contributed by atoms with E-state index in [4.69, 9.17) is 5.73 Å². The minimum atomic E-state index is -0.374. The van der Waals surface area contributed by atoms with Crippen molar-refractivity contribution in [2.45, 2.75) is 23.4 Å². The molecule has 0 fully saturated rings. The number of thioether (sulfide) groups is 1. The number of aromatic nitrogens is 2. The molecule has 0 saturated carbocycles. The Labute approximate surface area is 149 Å². The summed E-state index contributed by atoms with van der Waals surface area (Å²) in [5, 5.41) is 7.91. The fourth-order valence-electron chi connectivity index (χ4n) is 2.25. The molecule has 3 aromatic rings. The largest absolute Gasteiger partial charge is 0.374 e. The molecular weight excluding hydrogens is 338 g/mol.